The predicted molar refractivity (Wildman–Crippen MR) is 189 cm³/mol. The lowest BCUT2D eigenvalue weighted by molar-refractivity contribution is -0.143. The molecule has 1 aliphatic heterocycles. The van der Waals surface area contributed by atoms with Crippen molar-refractivity contribution >= 4 is 44.9 Å². The third-order valence-electron chi connectivity index (χ3n) is 9.46. The van der Waals surface area contributed by atoms with Crippen LogP contribution in [0.2, 0.25) is 0 Å². The fourth-order valence-corrected chi connectivity index (χ4v) is 7.42. The van der Waals surface area contributed by atoms with Gasteiger partial charge in [-0.1, -0.05) is 20.8 Å². The van der Waals surface area contributed by atoms with Crippen molar-refractivity contribution < 1.29 is 46.0 Å². The average molecular weight is 747 g/mol. The van der Waals surface area contributed by atoms with E-state index in [0.29, 0.717) is 24.0 Å². The van der Waals surface area contributed by atoms with E-state index in [1.54, 1.807) is 80.0 Å². The van der Waals surface area contributed by atoms with Crippen molar-refractivity contribution in [1.29, 1.82) is 0 Å². The minimum Gasteiger partial charge on any atom is -0.497 e. The SMILES string of the molecule is COc1ccc2c(O[C@@H]3C[C@@H](C(=O)N[C@]4(C(=O)NS(=O)(=O)OC5(C)CC5)C[C@H]4CN)N(C(=O)[C@@H](NC(=O)OC(C)(C)C)C(C)(C)C)C3)nccc2c1. The molecule has 4 amide bonds. The summed E-state index contributed by atoms with van der Waals surface area (Å²) >= 11 is 0. The molecule has 0 spiro atoms. The predicted octanol–water partition coefficient (Wildman–Crippen LogP) is 2.29. The molecular weight excluding hydrogens is 696 g/mol. The summed E-state index contributed by atoms with van der Waals surface area (Å²) < 4.78 is 49.7. The fourth-order valence-electron chi connectivity index (χ4n) is 6.28. The summed E-state index contributed by atoms with van der Waals surface area (Å²) in [6, 6.07) is 4.85. The number of nitrogens with zero attached hydrogens (tertiary/aromatic N) is 2. The van der Waals surface area contributed by atoms with Crippen LogP contribution in [0.3, 0.4) is 0 Å². The number of pyridine rings is 1. The van der Waals surface area contributed by atoms with Crippen molar-refractivity contribution in [1.82, 2.24) is 25.2 Å². The highest BCUT2D eigenvalue weighted by Gasteiger charge is 2.62. The maximum Gasteiger partial charge on any atom is 0.408 e. The van der Waals surface area contributed by atoms with Gasteiger partial charge in [0.05, 0.1) is 19.3 Å². The van der Waals surface area contributed by atoms with Crippen LogP contribution in [-0.2, 0) is 33.6 Å². The summed E-state index contributed by atoms with van der Waals surface area (Å²) in [5, 5.41) is 6.88. The Bertz CT molecular complexity index is 1840. The van der Waals surface area contributed by atoms with E-state index in [1.165, 1.54) is 4.90 Å². The molecular formula is C35H50N6O10S. The lowest BCUT2D eigenvalue weighted by Crippen LogP contribution is -2.60. The fraction of sp³-hybridized carbons (Fsp3) is 0.629. The monoisotopic (exact) mass is 746 g/mol. The third kappa shape index (κ3) is 8.86. The topological polar surface area (TPSA) is 218 Å². The number of hydrogen-bond donors (Lipinski definition) is 4. The first-order chi connectivity index (χ1) is 24.1. The molecule has 0 unspecified atom stereocenters. The van der Waals surface area contributed by atoms with Crippen molar-refractivity contribution in [2.45, 2.75) is 109 Å². The van der Waals surface area contributed by atoms with Crippen LogP contribution in [0.15, 0.2) is 30.5 Å². The summed E-state index contributed by atoms with van der Waals surface area (Å²) in [6.07, 6.45) is 1.11. The van der Waals surface area contributed by atoms with E-state index in [2.05, 4.69) is 15.6 Å². The molecule has 5 rings (SSSR count). The summed E-state index contributed by atoms with van der Waals surface area (Å²) in [6.45, 7) is 11.9. The van der Waals surface area contributed by atoms with Crippen molar-refractivity contribution in [3.05, 3.63) is 30.5 Å². The van der Waals surface area contributed by atoms with Crippen molar-refractivity contribution in [2.24, 2.45) is 17.1 Å². The number of ether oxygens (including phenoxy) is 3. The molecule has 0 bridgehead atoms. The molecule has 52 heavy (non-hydrogen) atoms. The highest BCUT2D eigenvalue weighted by atomic mass is 32.2. The smallest absolute Gasteiger partial charge is 0.408 e. The van der Waals surface area contributed by atoms with E-state index in [4.69, 9.17) is 24.1 Å². The maximum absolute atomic E-state index is 14.4. The van der Waals surface area contributed by atoms with E-state index in [0.717, 1.165) is 5.39 Å². The quantitative estimate of drug-likeness (QED) is 0.246. The molecule has 1 aromatic heterocycles. The molecule has 16 nitrogen and oxygen atoms in total. The largest absolute Gasteiger partial charge is 0.497 e. The number of rotatable bonds is 12. The Hall–Kier alpha value is -4.22. The standard InChI is InChI=1S/C35H50N6O10S/c1-32(2,3)26(38-31(45)50-33(4,5)6)29(43)41-19-23(49-28-24-10-9-22(48-8)15-20(24)11-14-37-28)16-25(41)27(42)39-35(17-21(35)18-36)30(44)40-52(46,47)51-34(7)12-13-34/h9-11,14-15,21,23,25-26H,12-13,16-19,36H2,1-8H3,(H,38,45)(H,39,42)(H,40,44)/t21-,23+,25-,26+,35+/m0/s1. The van der Waals surface area contributed by atoms with E-state index >= 15 is 0 Å². The van der Waals surface area contributed by atoms with Crippen LogP contribution >= 0.6 is 0 Å². The minimum absolute atomic E-state index is 0.0140. The Morgan fingerprint density at radius 3 is 2.37 bits per heavy atom. The molecule has 2 heterocycles. The van der Waals surface area contributed by atoms with E-state index in [-0.39, 0.29) is 31.8 Å². The molecule has 3 aliphatic rings. The summed E-state index contributed by atoms with van der Waals surface area (Å²) in [5.74, 6) is -1.96. The van der Waals surface area contributed by atoms with Gasteiger partial charge in [-0.3, -0.25) is 14.4 Å². The number of carbonyl (C=O) groups excluding carboxylic acids is 4. The molecule has 3 fully saturated rings. The van der Waals surface area contributed by atoms with E-state index in [9.17, 15) is 27.6 Å². The van der Waals surface area contributed by atoms with E-state index < -0.39 is 80.4 Å². The van der Waals surface area contributed by atoms with Crippen molar-refractivity contribution in [3.8, 4) is 11.6 Å². The summed E-state index contributed by atoms with van der Waals surface area (Å²) in [7, 11) is -2.93. The lowest BCUT2D eigenvalue weighted by Gasteiger charge is -2.36. The number of hydrogen-bond acceptors (Lipinski definition) is 12. The molecule has 286 valence electrons. The summed E-state index contributed by atoms with van der Waals surface area (Å²) in [5.41, 5.74) is 1.69. The van der Waals surface area contributed by atoms with Gasteiger partial charge in [0.2, 0.25) is 17.7 Å². The first kappa shape index (κ1) is 39.0. The van der Waals surface area contributed by atoms with Gasteiger partial charge in [-0.05, 0) is 88.6 Å². The Labute approximate surface area is 304 Å². The lowest BCUT2D eigenvalue weighted by atomic mass is 9.85. The number of carbonyl (C=O) groups is 4. The van der Waals surface area contributed by atoms with Gasteiger partial charge < -0.3 is 35.5 Å². The molecule has 2 aliphatic carbocycles. The normalized spacial score (nSPS) is 24.4. The zero-order chi connectivity index (χ0) is 38.4. The number of nitrogens with one attached hydrogen (secondary N) is 3. The van der Waals surface area contributed by atoms with Gasteiger partial charge in [0, 0.05) is 23.9 Å². The number of nitrogens with two attached hydrogens (primary N) is 1. The Kier molecular flexibility index (Phi) is 10.5. The maximum atomic E-state index is 14.4. The molecule has 2 aromatic rings. The Morgan fingerprint density at radius 1 is 1.10 bits per heavy atom. The van der Waals surface area contributed by atoms with Crippen LogP contribution in [-0.4, -0.2) is 97.2 Å². The Morgan fingerprint density at radius 2 is 1.79 bits per heavy atom. The van der Waals surface area contributed by atoms with Gasteiger partial charge >= 0.3 is 16.4 Å². The first-order valence-corrected chi connectivity index (χ1v) is 18.7. The number of aromatic nitrogens is 1. The zero-order valence-electron chi connectivity index (χ0n) is 30.9. The molecule has 0 radical (unpaired) electrons. The molecule has 17 heteroatoms. The van der Waals surface area contributed by atoms with Crippen LogP contribution in [0.4, 0.5) is 4.79 Å². The van der Waals surface area contributed by atoms with Gasteiger partial charge in [-0.15, -0.1) is 0 Å². The van der Waals surface area contributed by atoms with Crippen LogP contribution < -0.4 is 30.6 Å². The van der Waals surface area contributed by atoms with Gasteiger partial charge in [0.1, 0.15) is 35.1 Å². The molecule has 1 aromatic carbocycles. The Balaban J connectivity index is 1.43. The average Bonchev–Trinajstić information content (AvgIpc) is 3.90. The van der Waals surface area contributed by atoms with Gasteiger partial charge in [0.25, 0.3) is 5.91 Å². The zero-order valence-corrected chi connectivity index (χ0v) is 31.7. The number of fused-ring (bicyclic) bond motifs is 1. The summed E-state index contributed by atoms with van der Waals surface area (Å²) in [4.78, 5) is 60.9. The van der Waals surface area contributed by atoms with E-state index in [1.807, 2.05) is 10.8 Å². The van der Waals surface area contributed by atoms with Crippen LogP contribution in [0.1, 0.15) is 74.1 Å². The van der Waals surface area contributed by atoms with Crippen molar-refractivity contribution in [3.63, 3.8) is 0 Å². The first-order valence-electron chi connectivity index (χ1n) is 17.3. The van der Waals surface area contributed by atoms with Gasteiger partial charge in [-0.25, -0.2) is 18.7 Å². The molecule has 1 saturated heterocycles. The van der Waals surface area contributed by atoms with Gasteiger partial charge in [-0.2, -0.15) is 8.42 Å². The second kappa shape index (κ2) is 14.0. The number of alkyl carbamates (subject to hydrolysis) is 1. The minimum atomic E-state index is -4.49. The highest BCUT2D eigenvalue weighted by Crippen LogP contribution is 2.44. The number of methoxy groups -OCH3 is 1. The molecule has 5 atom stereocenters. The second-order valence-corrected chi connectivity index (χ2v) is 17.4. The van der Waals surface area contributed by atoms with Gasteiger partial charge in [0.15, 0.2) is 0 Å². The third-order valence-corrected chi connectivity index (χ3v) is 10.5. The number of likely N-dealkylation sites (tertiary alicyclic amines) is 1. The van der Waals surface area contributed by atoms with Crippen LogP contribution in [0, 0.1) is 11.3 Å². The highest BCUT2D eigenvalue weighted by molar-refractivity contribution is 7.85. The van der Waals surface area contributed by atoms with Crippen LogP contribution in [0.25, 0.3) is 10.8 Å². The number of benzene rings is 1. The number of amides is 4. The molecule has 2 saturated carbocycles. The second-order valence-electron chi connectivity index (χ2n) is 16.1. The molecule has 5 N–H and O–H groups in total. The van der Waals surface area contributed by atoms with Crippen LogP contribution in [0.5, 0.6) is 11.6 Å². The van der Waals surface area contributed by atoms with Crippen molar-refractivity contribution in [2.75, 3.05) is 20.2 Å².